The van der Waals surface area contributed by atoms with Gasteiger partial charge in [0.15, 0.2) is 5.82 Å². The monoisotopic (exact) mass is 957 g/mol. The molecule has 0 radical (unpaired) electrons. The van der Waals surface area contributed by atoms with Crippen LogP contribution in [0.3, 0.4) is 0 Å². The molecule has 66 heavy (non-hydrogen) atoms. The van der Waals surface area contributed by atoms with E-state index in [1.54, 1.807) is 22.7 Å². The van der Waals surface area contributed by atoms with Crippen molar-refractivity contribution in [3.8, 4) is 15.4 Å². The second kappa shape index (κ2) is 21.1. The third kappa shape index (κ3) is 11.2. The summed E-state index contributed by atoms with van der Waals surface area (Å²) in [7, 11) is 0. The highest BCUT2D eigenvalue weighted by Gasteiger charge is 2.44. The van der Waals surface area contributed by atoms with Crippen molar-refractivity contribution in [3.63, 3.8) is 0 Å². The van der Waals surface area contributed by atoms with Gasteiger partial charge in [0.2, 0.25) is 23.6 Å². The third-order valence-corrected chi connectivity index (χ3v) is 14.0. The Labute approximate surface area is 397 Å². The normalized spacial score (nSPS) is 17.4. The number of aliphatic hydroxyl groups excluding tert-OH is 1. The van der Waals surface area contributed by atoms with Crippen molar-refractivity contribution in [2.75, 3.05) is 39.5 Å². The van der Waals surface area contributed by atoms with E-state index in [4.69, 9.17) is 26.1 Å². The molecule has 4 N–H and O–H groups in total. The highest BCUT2D eigenvalue weighted by Crippen LogP contribution is 2.40. The lowest BCUT2D eigenvalue weighted by Gasteiger charge is -2.35. The fraction of sp³-hybridized carbons (Fsp3) is 0.447. The summed E-state index contributed by atoms with van der Waals surface area (Å²) in [5.41, 5.74) is 7.70. The molecular formula is C47H56ClN9O7S2. The first-order valence-corrected chi connectivity index (χ1v) is 23.9. The van der Waals surface area contributed by atoms with E-state index in [2.05, 4.69) is 45.0 Å². The number of thiazole rings is 1. The number of halogens is 1. The summed E-state index contributed by atoms with van der Waals surface area (Å²) in [6.07, 6.45) is -0.769. The number of ether oxygens (including phenoxy) is 2. The van der Waals surface area contributed by atoms with Crippen LogP contribution in [0.1, 0.15) is 84.1 Å². The Morgan fingerprint density at radius 1 is 0.924 bits per heavy atom. The zero-order valence-electron chi connectivity index (χ0n) is 38.1. The van der Waals surface area contributed by atoms with Crippen LogP contribution in [0.15, 0.2) is 59.0 Å². The van der Waals surface area contributed by atoms with Gasteiger partial charge in [-0.05, 0) is 61.9 Å². The molecule has 7 rings (SSSR count). The van der Waals surface area contributed by atoms with E-state index in [0.717, 1.165) is 54.0 Å². The number of hydrogen-bond acceptors (Lipinski definition) is 13. The standard InChI is InChI=1S/C47H56ClN9O7S2/c1-26-28(3)66-46-39(26)40(31-12-14-33(48)15-13-31)52-35(43-55-54-29(4)57(43)46)21-37(59)49-16-17-63-18-19-64-24-38(60)53-42(47(5,6)7)45(62)56-23-34(58)20-36(56)44(61)50-22-30-8-10-32(11-9-30)41-27(2)51-25-65-41/h8-15,25,34-36,42,58H,16-24H2,1-7H3,(H,49,59)(H,50,61)(H,53,60). The Bertz CT molecular complexity index is 2580. The molecule has 1 fully saturated rings. The number of carbonyl (C=O) groups excluding carboxylic acids is 4. The van der Waals surface area contributed by atoms with Crippen LogP contribution in [0.5, 0.6) is 0 Å². The van der Waals surface area contributed by atoms with Crippen LogP contribution >= 0.6 is 34.3 Å². The molecule has 2 aliphatic heterocycles. The maximum atomic E-state index is 14.0. The van der Waals surface area contributed by atoms with Gasteiger partial charge >= 0.3 is 0 Å². The van der Waals surface area contributed by atoms with Gasteiger partial charge in [0, 0.05) is 47.1 Å². The molecule has 3 aromatic heterocycles. The van der Waals surface area contributed by atoms with Gasteiger partial charge in [-0.3, -0.25) is 28.7 Å². The number of benzene rings is 2. The molecule has 2 aromatic carbocycles. The fourth-order valence-electron chi connectivity index (χ4n) is 8.01. The van der Waals surface area contributed by atoms with E-state index in [-0.39, 0.29) is 70.7 Å². The highest BCUT2D eigenvalue weighted by molar-refractivity contribution is 7.15. The second-order valence-electron chi connectivity index (χ2n) is 17.6. The van der Waals surface area contributed by atoms with E-state index in [1.165, 1.54) is 4.90 Å². The fourth-order valence-corrected chi connectivity index (χ4v) is 10.2. The van der Waals surface area contributed by atoms with Gasteiger partial charge in [0.25, 0.3) is 0 Å². The van der Waals surface area contributed by atoms with E-state index in [0.29, 0.717) is 16.7 Å². The first kappa shape index (κ1) is 48.6. The number of thiophene rings is 1. The number of carbonyl (C=O) groups is 4. The number of likely N-dealkylation sites (tertiary alicyclic amines) is 1. The Morgan fingerprint density at radius 3 is 2.33 bits per heavy atom. The van der Waals surface area contributed by atoms with Gasteiger partial charge in [-0.15, -0.1) is 32.9 Å². The Morgan fingerprint density at radius 2 is 1.64 bits per heavy atom. The van der Waals surface area contributed by atoms with Crippen molar-refractivity contribution >= 4 is 63.6 Å². The molecule has 2 aliphatic rings. The van der Waals surface area contributed by atoms with Crippen LogP contribution in [0.2, 0.25) is 5.02 Å². The number of aliphatic imine (C=N–C) groups is 1. The number of nitrogens with zero attached hydrogens (tertiary/aromatic N) is 6. The lowest BCUT2D eigenvalue weighted by molar-refractivity contribution is -0.144. The molecule has 0 spiro atoms. The molecule has 16 nitrogen and oxygen atoms in total. The summed E-state index contributed by atoms with van der Waals surface area (Å²) in [5.74, 6) is -0.304. The molecule has 5 aromatic rings. The van der Waals surface area contributed by atoms with Crippen molar-refractivity contribution in [1.82, 2.24) is 40.6 Å². The van der Waals surface area contributed by atoms with Gasteiger partial charge in [-0.2, -0.15) is 0 Å². The van der Waals surface area contributed by atoms with Gasteiger partial charge in [0.1, 0.15) is 35.6 Å². The molecule has 0 aliphatic carbocycles. The third-order valence-electron chi connectivity index (χ3n) is 11.6. The predicted octanol–water partition coefficient (Wildman–Crippen LogP) is 5.58. The van der Waals surface area contributed by atoms with Gasteiger partial charge in [-0.25, -0.2) is 4.98 Å². The highest BCUT2D eigenvalue weighted by atomic mass is 35.5. The lowest BCUT2D eigenvalue weighted by atomic mass is 9.85. The van der Waals surface area contributed by atoms with Crippen LogP contribution in [0.4, 0.5) is 0 Å². The average molecular weight is 959 g/mol. The number of aromatic nitrogens is 4. The number of aliphatic hydroxyl groups is 1. The molecule has 4 atom stereocenters. The van der Waals surface area contributed by atoms with Crippen molar-refractivity contribution in [2.24, 2.45) is 10.4 Å². The molecule has 4 unspecified atom stereocenters. The van der Waals surface area contributed by atoms with E-state index < -0.39 is 41.5 Å². The first-order chi connectivity index (χ1) is 31.5. The second-order valence-corrected chi connectivity index (χ2v) is 20.1. The molecule has 19 heteroatoms. The van der Waals surface area contributed by atoms with Crippen LogP contribution < -0.4 is 16.0 Å². The number of fused-ring (bicyclic) bond motifs is 3. The molecule has 4 amide bonds. The molecule has 0 bridgehead atoms. The minimum atomic E-state index is -0.994. The van der Waals surface area contributed by atoms with Gasteiger partial charge in [0.05, 0.1) is 54.1 Å². The topological polar surface area (TPSA) is 202 Å². The van der Waals surface area contributed by atoms with E-state index in [9.17, 15) is 24.3 Å². The molecule has 5 heterocycles. The number of amides is 4. The largest absolute Gasteiger partial charge is 0.391 e. The van der Waals surface area contributed by atoms with Gasteiger partial charge < -0.3 is 35.4 Å². The van der Waals surface area contributed by atoms with Crippen molar-refractivity contribution in [3.05, 3.63) is 104 Å². The van der Waals surface area contributed by atoms with Crippen molar-refractivity contribution in [1.29, 1.82) is 0 Å². The van der Waals surface area contributed by atoms with Crippen LogP contribution in [-0.2, 0) is 35.2 Å². The minimum Gasteiger partial charge on any atom is -0.391 e. The zero-order chi connectivity index (χ0) is 47.3. The average Bonchev–Trinajstić information content (AvgIpc) is 4.05. The zero-order valence-corrected chi connectivity index (χ0v) is 40.5. The summed E-state index contributed by atoms with van der Waals surface area (Å²) >= 11 is 9.44. The Hall–Kier alpha value is -5.37. The molecule has 350 valence electrons. The smallest absolute Gasteiger partial charge is 0.246 e. The predicted molar refractivity (Wildman–Crippen MR) is 254 cm³/mol. The van der Waals surface area contributed by atoms with E-state index >= 15 is 0 Å². The summed E-state index contributed by atoms with van der Waals surface area (Å²) < 4.78 is 13.2. The first-order valence-electron chi connectivity index (χ1n) is 21.8. The maximum absolute atomic E-state index is 14.0. The summed E-state index contributed by atoms with van der Waals surface area (Å²) in [4.78, 5) is 66.9. The number of rotatable bonds is 17. The Kier molecular flexibility index (Phi) is 15.5. The maximum Gasteiger partial charge on any atom is 0.246 e. The summed E-state index contributed by atoms with van der Waals surface area (Å²) in [6.45, 7) is 14.0. The molecular weight excluding hydrogens is 902 g/mol. The van der Waals surface area contributed by atoms with Crippen LogP contribution in [0.25, 0.3) is 15.4 Å². The lowest BCUT2D eigenvalue weighted by Crippen LogP contribution is -2.58. The summed E-state index contributed by atoms with van der Waals surface area (Å²) in [6, 6.07) is 12.9. The van der Waals surface area contributed by atoms with Crippen molar-refractivity contribution in [2.45, 2.75) is 92.1 Å². The van der Waals surface area contributed by atoms with Crippen LogP contribution in [0, 0.1) is 33.1 Å². The minimum absolute atomic E-state index is 0.0332. The van der Waals surface area contributed by atoms with Crippen molar-refractivity contribution < 1.29 is 33.8 Å². The van der Waals surface area contributed by atoms with Gasteiger partial charge in [-0.1, -0.05) is 68.8 Å². The Balaban J connectivity index is 0.852. The number of aryl methyl sites for hydroxylation is 3. The van der Waals surface area contributed by atoms with Crippen LogP contribution in [-0.4, -0.2) is 117 Å². The molecule has 0 saturated carbocycles. The molecule has 1 saturated heterocycles. The van der Waals surface area contributed by atoms with E-state index in [1.807, 2.05) is 93.2 Å². The SMILES string of the molecule is Cc1ncsc1-c1ccc(CNC(=O)C2CC(O)CN2C(=O)C(NC(=O)COCCOCCNC(=O)CC2N=C(c3ccc(Cl)cc3)c3c(sc(C)c3C)-n3c(C)nnc32)C(C)(C)C)cc1. The summed E-state index contributed by atoms with van der Waals surface area (Å²) in [5, 5.41) is 29.6. The number of β-amino-alcohol motifs (C(OH)–C–C–N with tert-alkyl or cyclic N) is 1. The number of hydrogen-bond donors (Lipinski definition) is 4. The number of nitrogens with one attached hydrogen (secondary N) is 3. The quantitative estimate of drug-likeness (QED) is 0.0853.